The van der Waals surface area contributed by atoms with Crippen LogP contribution in [0.5, 0.6) is 0 Å². The molecule has 0 radical (unpaired) electrons. The third-order valence-corrected chi connectivity index (χ3v) is 4.53. The summed E-state index contributed by atoms with van der Waals surface area (Å²) in [6.07, 6.45) is 0.0435. The van der Waals surface area contributed by atoms with Gasteiger partial charge in [-0.05, 0) is 34.4 Å². The summed E-state index contributed by atoms with van der Waals surface area (Å²) in [4.78, 5) is 24.0. The van der Waals surface area contributed by atoms with E-state index in [2.05, 4.69) is 5.32 Å². The van der Waals surface area contributed by atoms with Gasteiger partial charge in [0.2, 0.25) is 11.8 Å². The van der Waals surface area contributed by atoms with E-state index in [1.165, 1.54) is 6.07 Å². The fraction of sp³-hybridized carbons (Fsp3) is 0.130. The molecule has 3 N–H and O–H groups in total. The van der Waals surface area contributed by atoms with Gasteiger partial charge in [0.05, 0.1) is 6.42 Å². The number of nitrogens with two attached hydrogens (primary N) is 1. The summed E-state index contributed by atoms with van der Waals surface area (Å²) >= 11 is 0. The third kappa shape index (κ3) is 5.48. The Hall–Kier alpha value is -3.54. The number of carbonyl (C=O) groups is 2. The molecular weight excluding hydrogens is 374 g/mol. The van der Waals surface area contributed by atoms with Crippen molar-refractivity contribution in [3.05, 3.63) is 95.6 Å². The van der Waals surface area contributed by atoms with Crippen molar-refractivity contribution in [1.82, 2.24) is 5.32 Å². The summed E-state index contributed by atoms with van der Waals surface area (Å²) in [6.45, 7) is 0. The molecule has 0 saturated heterocycles. The quantitative estimate of drug-likeness (QED) is 0.645. The second kappa shape index (κ2) is 9.10. The minimum Gasteiger partial charge on any atom is -0.368 e. The van der Waals surface area contributed by atoms with Gasteiger partial charge in [0, 0.05) is 6.42 Å². The lowest BCUT2D eigenvalue weighted by molar-refractivity contribution is -0.127. The second-order valence-electron chi connectivity index (χ2n) is 6.71. The maximum atomic E-state index is 13.3. The molecule has 2 amide bonds. The van der Waals surface area contributed by atoms with Gasteiger partial charge in [-0.2, -0.15) is 0 Å². The van der Waals surface area contributed by atoms with Crippen LogP contribution in [-0.4, -0.2) is 17.9 Å². The molecule has 0 saturated carbocycles. The van der Waals surface area contributed by atoms with Gasteiger partial charge < -0.3 is 11.1 Å². The zero-order valence-corrected chi connectivity index (χ0v) is 15.6. The van der Waals surface area contributed by atoms with Gasteiger partial charge in [-0.25, -0.2) is 8.78 Å². The number of amides is 2. The topological polar surface area (TPSA) is 72.2 Å². The molecule has 0 bridgehead atoms. The summed E-state index contributed by atoms with van der Waals surface area (Å²) in [5, 5.41) is 2.56. The number of carbonyl (C=O) groups excluding carboxylic acids is 2. The Morgan fingerprint density at radius 2 is 1.45 bits per heavy atom. The van der Waals surface area contributed by atoms with Gasteiger partial charge >= 0.3 is 0 Å². The standard InChI is InChI=1S/C23H20F2N2O2/c24-19-11-8-16(12-20(19)25)14-22(28)27-21(23(26)29)13-15-6-9-18(10-7-15)17-4-2-1-3-5-17/h1-12,21H,13-14H2,(H2,26,29)(H,27,28)/t21-/m0/s1. The van der Waals surface area contributed by atoms with Gasteiger partial charge in [0.15, 0.2) is 11.6 Å². The van der Waals surface area contributed by atoms with Crippen LogP contribution in [0.25, 0.3) is 11.1 Å². The van der Waals surface area contributed by atoms with Crippen LogP contribution < -0.4 is 11.1 Å². The molecule has 0 aromatic heterocycles. The Balaban J connectivity index is 1.64. The van der Waals surface area contributed by atoms with Crippen LogP contribution in [-0.2, 0) is 22.4 Å². The summed E-state index contributed by atoms with van der Waals surface area (Å²) in [7, 11) is 0. The summed E-state index contributed by atoms with van der Waals surface area (Å²) < 4.78 is 26.3. The molecule has 0 fully saturated rings. The van der Waals surface area contributed by atoms with Gasteiger partial charge in [0.1, 0.15) is 6.04 Å². The number of hydrogen-bond donors (Lipinski definition) is 2. The van der Waals surface area contributed by atoms with Gasteiger partial charge in [-0.3, -0.25) is 9.59 Å². The lowest BCUT2D eigenvalue weighted by Crippen LogP contribution is -2.46. The van der Waals surface area contributed by atoms with Crippen LogP contribution in [0.2, 0.25) is 0 Å². The molecule has 0 spiro atoms. The molecular formula is C23H20F2N2O2. The van der Waals surface area contributed by atoms with Crippen LogP contribution >= 0.6 is 0 Å². The Labute approximate surface area is 167 Å². The molecule has 148 valence electrons. The number of primary amides is 1. The van der Waals surface area contributed by atoms with Crippen LogP contribution in [0.4, 0.5) is 8.78 Å². The number of benzene rings is 3. The van der Waals surface area contributed by atoms with E-state index in [1.54, 1.807) is 0 Å². The Kier molecular flexibility index (Phi) is 6.34. The van der Waals surface area contributed by atoms with Crippen molar-refractivity contribution in [3.63, 3.8) is 0 Å². The second-order valence-corrected chi connectivity index (χ2v) is 6.71. The molecule has 3 aromatic carbocycles. The Bertz CT molecular complexity index is 1010. The molecule has 1 atom stereocenters. The number of nitrogens with one attached hydrogen (secondary N) is 1. The first kappa shape index (κ1) is 20.2. The smallest absolute Gasteiger partial charge is 0.240 e. The van der Waals surface area contributed by atoms with Gasteiger partial charge in [-0.15, -0.1) is 0 Å². The predicted molar refractivity (Wildman–Crippen MR) is 107 cm³/mol. The van der Waals surface area contributed by atoms with E-state index >= 15 is 0 Å². The minimum absolute atomic E-state index is 0.187. The van der Waals surface area contributed by atoms with E-state index in [9.17, 15) is 18.4 Å². The lowest BCUT2D eigenvalue weighted by atomic mass is 10.00. The molecule has 3 rings (SSSR count). The van der Waals surface area contributed by atoms with Crippen LogP contribution in [0.15, 0.2) is 72.8 Å². The van der Waals surface area contributed by atoms with E-state index in [0.717, 1.165) is 28.8 Å². The van der Waals surface area contributed by atoms with E-state index in [4.69, 9.17) is 5.73 Å². The summed E-state index contributed by atoms with van der Waals surface area (Å²) in [5.41, 5.74) is 8.67. The first-order chi connectivity index (χ1) is 13.9. The van der Waals surface area contributed by atoms with Gasteiger partial charge in [-0.1, -0.05) is 60.7 Å². The molecule has 0 unspecified atom stereocenters. The third-order valence-electron chi connectivity index (χ3n) is 4.53. The first-order valence-corrected chi connectivity index (χ1v) is 9.09. The van der Waals surface area contributed by atoms with Crippen molar-refractivity contribution in [2.45, 2.75) is 18.9 Å². The van der Waals surface area contributed by atoms with E-state index in [1.807, 2.05) is 54.6 Å². The maximum absolute atomic E-state index is 13.3. The van der Waals surface area contributed by atoms with Crippen LogP contribution in [0.3, 0.4) is 0 Å². The van der Waals surface area contributed by atoms with Gasteiger partial charge in [0.25, 0.3) is 0 Å². The van der Waals surface area contributed by atoms with Crippen molar-refractivity contribution in [1.29, 1.82) is 0 Å². The number of rotatable bonds is 7. The summed E-state index contributed by atoms with van der Waals surface area (Å²) in [6, 6.07) is 19.8. The first-order valence-electron chi connectivity index (χ1n) is 9.09. The summed E-state index contributed by atoms with van der Waals surface area (Å²) in [5.74, 6) is -3.18. The molecule has 0 aliphatic rings. The number of hydrogen-bond acceptors (Lipinski definition) is 2. The van der Waals surface area contributed by atoms with E-state index < -0.39 is 29.5 Å². The van der Waals surface area contributed by atoms with Crippen LogP contribution in [0, 0.1) is 11.6 Å². The van der Waals surface area contributed by atoms with Crippen molar-refractivity contribution in [2.24, 2.45) is 5.73 Å². The Morgan fingerprint density at radius 1 is 0.828 bits per heavy atom. The Morgan fingerprint density at radius 3 is 2.07 bits per heavy atom. The average molecular weight is 394 g/mol. The lowest BCUT2D eigenvalue weighted by Gasteiger charge is -2.16. The fourth-order valence-electron chi connectivity index (χ4n) is 3.00. The highest BCUT2D eigenvalue weighted by molar-refractivity contribution is 5.87. The highest BCUT2D eigenvalue weighted by atomic mass is 19.2. The zero-order valence-electron chi connectivity index (χ0n) is 15.6. The highest BCUT2D eigenvalue weighted by Gasteiger charge is 2.19. The zero-order chi connectivity index (χ0) is 20.8. The largest absolute Gasteiger partial charge is 0.368 e. The fourth-order valence-corrected chi connectivity index (χ4v) is 3.00. The van der Waals surface area contributed by atoms with Crippen molar-refractivity contribution in [2.75, 3.05) is 0 Å². The molecule has 6 heteroatoms. The molecule has 0 heterocycles. The minimum atomic E-state index is -1.03. The monoisotopic (exact) mass is 394 g/mol. The highest BCUT2D eigenvalue weighted by Crippen LogP contribution is 2.19. The van der Waals surface area contributed by atoms with Crippen molar-refractivity contribution >= 4 is 11.8 Å². The normalized spacial score (nSPS) is 11.7. The number of halogens is 2. The van der Waals surface area contributed by atoms with Crippen molar-refractivity contribution < 1.29 is 18.4 Å². The predicted octanol–water partition coefficient (Wildman–Crippen LogP) is 3.39. The van der Waals surface area contributed by atoms with Crippen molar-refractivity contribution in [3.8, 4) is 11.1 Å². The average Bonchev–Trinajstić information content (AvgIpc) is 2.71. The SMILES string of the molecule is NC(=O)[C@H](Cc1ccc(-c2ccccc2)cc1)NC(=O)Cc1ccc(F)c(F)c1. The molecule has 4 nitrogen and oxygen atoms in total. The van der Waals surface area contributed by atoms with Crippen LogP contribution in [0.1, 0.15) is 11.1 Å². The molecule has 0 aliphatic carbocycles. The molecule has 29 heavy (non-hydrogen) atoms. The van der Waals surface area contributed by atoms with E-state index in [-0.39, 0.29) is 12.8 Å². The molecule has 3 aromatic rings. The van der Waals surface area contributed by atoms with E-state index in [0.29, 0.717) is 5.56 Å². The molecule has 0 aliphatic heterocycles. The maximum Gasteiger partial charge on any atom is 0.240 e.